The molecule has 2 heterocycles. The summed E-state index contributed by atoms with van der Waals surface area (Å²) in [5.41, 5.74) is 3.43. The van der Waals surface area contributed by atoms with E-state index in [2.05, 4.69) is 27.0 Å². The molecule has 1 aliphatic heterocycles. The van der Waals surface area contributed by atoms with Crippen LogP contribution in [0.2, 0.25) is 0 Å². The van der Waals surface area contributed by atoms with Crippen LogP contribution in [-0.4, -0.2) is 53.4 Å². The number of aromatic nitrogens is 1. The van der Waals surface area contributed by atoms with Crippen molar-refractivity contribution < 1.29 is 9.18 Å². The van der Waals surface area contributed by atoms with E-state index in [1.165, 1.54) is 23.3 Å². The smallest absolute Gasteiger partial charge is 0.234 e. The van der Waals surface area contributed by atoms with Gasteiger partial charge in [0.2, 0.25) is 5.91 Å². The molecule has 0 spiro atoms. The Balaban J connectivity index is 1.38. The van der Waals surface area contributed by atoms with Crippen LogP contribution in [0.3, 0.4) is 0 Å². The van der Waals surface area contributed by atoms with Crippen LogP contribution in [0.15, 0.2) is 42.7 Å². The van der Waals surface area contributed by atoms with Crippen molar-refractivity contribution in [1.29, 1.82) is 0 Å². The van der Waals surface area contributed by atoms with Gasteiger partial charge in [-0.25, -0.2) is 4.39 Å². The van der Waals surface area contributed by atoms with Gasteiger partial charge in [-0.2, -0.15) is 0 Å². The molecule has 3 rings (SSSR count). The fourth-order valence-electron chi connectivity index (χ4n) is 3.07. The van der Waals surface area contributed by atoms with Crippen molar-refractivity contribution in [2.75, 3.05) is 32.7 Å². The topological polar surface area (TPSA) is 48.5 Å². The first-order valence-corrected chi connectivity index (χ1v) is 8.95. The Morgan fingerprint density at radius 2 is 1.81 bits per heavy atom. The van der Waals surface area contributed by atoms with Crippen molar-refractivity contribution in [3.8, 4) is 0 Å². The maximum absolute atomic E-state index is 12.9. The largest absolute Gasteiger partial charge is 0.351 e. The molecule has 0 bridgehead atoms. The fraction of sp³-hybridized carbons (Fsp3) is 0.400. The molecule has 5 nitrogen and oxygen atoms in total. The van der Waals surface area contributed by atoms with Gasteiger partial charge in [0.1, 0.15) is 5.82 Å². The van der Waals surface area contributed by atoms with Gasteiger partial charge in [-0.15, -0.1) is 0 Å². The summed E-state index contributed by atoms with van der Waals surface area (Å²) in [6.45, 7) is 7.50. The summed E-state index contributed by atoms with van der Waals surface area (Å²) in [4.78, 5) is 20.9. The Hall–Kier alpha value is -2.31. The van der Waals surface area contributed by atoms with Crippen LogP contribution >= 0.6 is 0 Å². The highest BCUT2D eigenvalue weighted by Gasteiger charge is 2.19. The minimum Gasteiger partial charge on any atom is -0.351 e. The number of halogens is 1. The Morgan fingerprint density at radius 1 is 1.12 bits per heavy atom. The number of rotatable bonds is 6. The molecule has 0 aliphatic carbocycles. The molecule has 1 amide bonds. The molecule has 1 fully saturated rings. The third-order valence-electron chi connectivity index (χ3n) is 4.78. The Labute approximate surface area is 153 Å². The van der Waals surface area contributed by atoms with Crippen molar-refractivity contribution in [3.05, 3.63) is 65.2 Å². The molecule has 0 atom stereocenters. The minimum absolute atomic E-state index is 0.00544. The maximum Gasteiger partial charge on any atom is 0.234 e. The van der Waals surface area contributed by atoms with Gasteiger partial charge < -0.3 is 5.32 Å². The molecule has 6 heteroatoms. The molecule has 1 aromatic heterocycles. The molecular formula is C20H25FN4O. The number of benzene rings is 1. The number of hydrogen-bond acceptors (Lipinski definition) is 4. The number of amides is 1. The second kappa shape index (κ2) is 8.87. The standard InChI is InChI=1S/C20H25FN4O/c1-16-6-7-22-13-18(16)14-24-8-10-25(11-9-24)15-20(26)23-12-17-2-4-19(21)5-3-17/h2-7,13H,8-12,14-15H2,1H3,(H,23,26). The molecule has 2 aromatic rings. The predicted molar refractivity (Wildman–Crippen MR) is 98.9 cm³/mol. The van der Waals surface area contributed by atoms with Gasteiger partial charge in [0.05, 0.1) is 6.54 Å². The number of hydrogen-bond donors (Lipinski definition) is 1. The number of carbonyl (C=O) groups excluding carboxylic acids is 1. The Kier molecular flexibility index (Phi) is 6.30. The van der Waals surface area contributed by atoms with Gasteiger partial charge in [-0.3, -0.25) is 19.6 Å². The van der Waals surface area contributed by atoms with Crippen LogP contribution in [0.1, 0.15) is 16.7 Å². The zero-order chi connectivity index (χ0) is 18.4. The first-order chi connectivity index (χ1) is 12.6. The fourth-order valence-corrected chi connectivity index (χ4v) is 3.07. The lowest BCUT2D eigenvalue weighted by atomic mass is 10.1. The van der Waals surface area contributed by atoms with Crippen LogP contribution in [0, 0.1) is 12.7 Å². The molecule has 1 N–H and O–H groups in total. The van der Waals surface area contributed by atoms with Crippen LogP contribution in [-0.2, 0) is 17.9 Å². The zero-order valence-electron chi connectivity index (χ0n) is 15.1. The van der Waals surface area contributed by atoms with Gasteiger partial charge in [-0.1, -0.05) is 12.1 Å². The summed E-state index contributed by atoms with van der Waals surface area (Å²) in [5.74, 6) is -0.259. The van der Waals surface area contributed by atoms with Crippen LogP contribution in [0.25, 0.3) is 0 Å². The number of nitrogens with one attached hydrogen (secondary N) is 1. The highest BCUT2D eigenvalue weighted by Crippen LogP contribution is 2.11. The van der Waals surface area contributed by atoms with Crippen LogP contribution < -0.4 is 5.32 Å². The lowest BCUT2D eigenvalue weighted by Crippen LogP contribution is -2.49. The third-order valence-corrected chi connectivity index (χ3v) is 4.78. The maximum atomic E-state index is 12.9. The van der Waals surface area contributed by atoms with Crippen molar-refractivity contribution in [2.24, 2.45) is 0 Å². The lowest BCUT2D eigenvalue weighted by Gasteiger charge is -2.34. The number of nitrogens with zero attached hydrogens (tertiary/aromatic N) is 3. The van der Waals surface area contributed by atoms with E-state index in [0.29, 0.717) is 13.1 Å². The summed E-state index contributed by atoms with van der Waals surface area (Å²) in [6, 6.07) is 8.23. The number of piperazine rings is 1. The molecule has 1 aliphatic rings. The Morgan fingerprint density at radius 3 is 2.50 bits per heavy atom. The second-order valence-electron chi connectivity index (χ2n) is 6.76. The van der Waals surface area contributed by atoms with E-state index in [1.807, 2.05) is 18.5 Å². The van der Waals surface area contributed by atoms with Crippen molar-refractivity contribution in [3.63, 3.8) is 0 Å². The van der Waals surface area contributed by atoms with Crippen molar-refractivity contribution >= 4 is 5.91 Å². The average Bonchev–Trinajstić information content (AvgIpc) is 2.65. The van der Waals surface area contributed by atoms with Gasteiger partial charge in [0.15, 0.2) is 0 Å². The number of pyridine rings is 1. The van der Waals surface area contributed by atoms with Crippen LogP contribution in [0.5, 0.6) is 0 Å². The lowest BCUT2D eigenvalue weighted by molar-refractivity contribution is -0.122. The second-order valence-corrected chi connectivity index (χ2v) is 6.76. The van der Waals surface area contributed by atoms with E-state index in [0.717, 1.165) is 38.3 Å². The van der Waals surface area contributed by atoms with Gasteiger partial charge in [0, 0.05) is 51.7 Å². The minimum atomic E-state index is -0.264. The zero-order valence-corrected chi connectivity index (χ0v) is 15.1. The summed E-state index contributed by atoms with van der Waals surface area (Å²) in [7, 11) is 0. The first kappa shape index (κ1) is 18.5. The van der Waals surface area contributed by atoms with Gasteiger partial charge in [-0.05, 0) is 41.8 Å². The van der Waals surface area contributed by atoms with E-state index in [-0.39, 0.29) is 11.7 Å². The molecule has 0 saturated carbocycles. The summed E-state index contributed by atoms with van der Waals surface area (Å²) >= 11 is 0. The summed E-state index contributed by atoms with van der Waals surface area (Å²) in [6.07, 6.45) is 3.76. The Bertz CT molecular complexity index is 727. The SMILES string of the molecule is Cc1ccncc1CN1CCN(CC(=O)NCc2ccc(F)cc2)CC1. The predicted octanol–water partition coefficient (Wildman–Crippen LogP) is 1.96. The van der Waals surface area contributed by atoms with Crippen LogP contribution in [0.4, 0.5) is 4.39 Å². The van der Waals surface area contributed by atoms with Crippen molar-refractivity contribution in [2.45, 2.75) is 20.0 Å². The number of aryl methyl sites for hydroxylation is 1. The number of carbonyl (C=O) groups is 1. The van der Waals surface area contributed by atoms with Gasteiger partial charge >= 0.3 is 0 Å². The molecule has 0 radical (unpaired) electrons. The summed E-state index contributed by atoms with van der Waals surface area (Å²) in [5, 5.41) is 2.90. The molecule has 1 saturated heterocycles. The van der Waals surface area contributed by atoms with E-state index in [1.54, 1.807) is 12.1 Å². The first-order valence-electron chi connectivity index (χ1n) is 8.95. The van der Waals surface area contributed by atoms with E-state index in [9.17, 15) is 9.18 Å². The molecular weight excluding hydrogens is 331 g/mol. The third kappa shape index (κ3) is 5.34. The molecule has 0 unspecified atom stereocenters. The van der Waals surface area contributed by atoms with E-state index < -0.39 is 0 Å². The normalized spacial score (nSPS) is 15.8. The van der Waals surface area contributed by atoms with E-state index >= 15 is 0 Å². The molecule has 138 valence electrons. The monoisotopic (exact) mass is 356 g/mol. The quantitative estimate of drug-likeness (QED) is 0.860. The summed E-state index contributed by atoms with van der Waals surface area (Å²) < 4.78 is 12.9. The highest BCUT2D eigenvalue weighted by molar-refractivity contribution is 5.78. The average molecular weight is 356 g/mol. The molecule has 26 heavy (non-hydrogen) atoms. The highest BCUT2D eigenvalue weighted by atomic mass is 19.1. The van der Waals surface area contributed by atoms with E-state index in [4.69, 9.17) is 0 Å². The van der Waals surface area contributed by atoms with Crippen molar-refractivity contribution in [1.82, 2.24) is 20.1 Å². The molecule has 1 aromatic carbocycles. The van der Waals surface area contributed by atoms with Gasteiger partial charge in [0.25, 0.3) is 0 Å².